The summed E-state index contributed by atoms with van der Waals surface area (Å²) in [6.07, 6.45) is 1.39. The fourth-order valence-corrected chi connectivity index (χ4v) is 2.40. The number of hydrogen-bond acceptors (Lipinski definition) is 2. The molecule has 1 N–H and O–H groups in total. The second kappa shape index (κ2) is 4.88. The first-order valence-electron chi connectivity index (χ1n) is 6.16. The van der Waals surface area contributed by atoms with Gasteiger partial charge in [-0.1, -0.05) is 19.1 Å². The molecule has 0 bridgehead atoms. The summed E-state index contributed by atoms with van der Waals surface area (Å²) in [5.74, 6) is -1.22. The van der Waals surface area contributed by atoms with Crippen LogP contribution in [0.3, 0.4) is 0 Å². The van der Waals surface area contributed by atoms with E-state index in [1.54, 1.807) is 19.1 Å². The SMILES string of the molecule is CCc1ccc(C2CCC(=O)NC2=O)c(C)c1F. The quantitative estimate of drug-likeness (QED) is 0.817. The van der Waals surface area contributed by atoms with Crippen LogP contribution in [0.15, 0.2) is 12.1 Å². The van der Waals surface area contributed by atoms with E-state index in [1.807, 2.05) is 6.92 Å². The van der Waals surface area contributed by atoms with E-state index >= 15 is 0 Å². The number of imide groups is 1. The van der Waals surface area contributed by atoms with Crippen molar-refractivity contribution >= 4 is 11.8 Å². The van der Waals surface area contributed by atoms with Crippen LogP contribution in [0.2, 0.25) is 0 Å². The molecule has 1 heterocycles. The number of amides is 2. The van der Waals surface area contributed by atoms with E-state index in [1.165, 1.54) is 0 Å². The number of rotatable bonds is 2. The lowest BCUT2D eigenvalue weighted by Gasteiger charge is -2.23. The van der Waals surface area contributed by atoms with Crippen LogP contribution in [-0.2, 0) is 16.0 Å². The Kier molecular flexibility index (Phi) is 3.45. The second-order valence-electron chi connectivity index (χ2n) is 4.61. The summed E-state index contributed by atoms with van der Waals surface area (Å²) in [7, 11) is 0. The van der Waals surface area contributed by atoms with Gasteiger partial charge in [0, 0.05) is 6.42 Å². The molecule has 3 nitrogen and oxygen atoms in total. The first-order chi connectivity index (χ1) is 8.54. The fourth-order valence-electron chi connectivity index (χ4n) is 2.40. The molecule has 1 fully saturated rings. The molecule has 0 saturated carbocycles. The van der Waals surface area contributed by atoms with Gasteiger partial charge in [0.1, 0.15) is 5.82 Å². The number of carbonyl (C=O) groups is 2. The van der Waals surface area contributed by atoms with Crippen molar-refractivity contribution < 1.29 is 14.0 Å². The highest BCUT2D eigenvalue weighted by molar-refractivity contribution is 6.01. The lowest BCUT2D eigenvalue weighted by Crippen LogP contribution is -2.39. The zero-order chi connectivity index (χ0) is 13.3. The average molecular weight is 249 g/mol. The van der Waals surface area contributed by atoms with Crippen molar-refractivity contribution in [2.24, 2.45) is 0 Å². The third kappa shape index (κ3) is 2.15. The molecule has 1 aliphatic rings. The maximum absolute atomic E-state index is 14.0. The fraction of sp³-hybridized carbons (Fsp3) is 0.429. The Morgan fingerprint density at radius 1 is 1.39 bits per heavy atom. The third-order valence-electron chi connectivity index (χ3n) is 3.50. The van der Waals surface area contributed by atoms with Gasteiger partial charge in [0.2, 0.25) is 11.8 Å². The van der Waals surface area contributed by atoms with Crippen LogP contribution < -0.4 is 5.32 Å². The maximum atomic E-state index is 14.0. The Labute approximate surface area is 105 Å². The Bertz CT molecular complexity index is 511. The van der Waals surface area contributed by atoms with Gasteiger partial charge < -0.3 is 0 Å². The summed E-state index contributed by atoms with van der Waals surface area (Å²) in [5.41, 5.74) is 1.86. The van der Waals surface area contributed by atoms with Crippen LogP contribution >= 0.6 is 0 Å². The molecule has 18 heavy (non-hydrogen) atoms. The largest absolute Gasteiger partial charge is 0.296 e. The zero-order valence-electron chi connectivity index (χ0n) is 10.5. The standard InChI is InChI=1S/C14H16FNO2/c1-3-9-4-5-10(8(2)13(9)15)11-6-7-12(17)16-14(11)18/h4-5,11H,3,6-7H2,1-2H3,(H,16,17,18). The van der Waals surface area contributed by atoms with Gasteiger partial charge in [-0.3, -0.25) is 14.9 Å². The van der Waals surface area contributed by atoms with Crippen LogP contribution in [-0.4, -0.2) is 11.8 Å². The summed E-state index contributed by atoms with van der Waals surface area (Å²) in [5, 5.41) is 2.30. The number of halogens is 1. The van der Waals surface area contributed by atoms with Gasteiger partial charge in [0.15, 0.2) is 0 Å². The highest BCUT2D eigenvalue weighted by Gasteiger charge is 2.29. The highest BCUT2D eigenvalue weighted by atomic mass is 19.1. The monoisotopic (exact) mass is 249 g/mol. The third-order valence-corrected chi connectivity index (χ3v) is 3.50. The first-order valence-corrected chi connectivity index (χ1v) is 6.16. The van der Waals surface area contributed by atoms with E-state index in [2.05, 4.69) is 5.32 Å². The lowest BCUT2D eigenvalue weighted by molar-refractivity contribution is -0.134. The number of nitrogens with one attached hydrogen (secondary N) is 1. The minimum Gasteiger partial charge on any atom is -0.296 e. The molecule has 0 spiro atoms. The summed E-state index contributed by atoms with van der Waals surface area (Å²) in [6, 6.07) is 3.53. The van der Waals surface area contributed by atoms with Gasteiger partial charge in [-0.15, -0.1) is 0 Å². The Morgan fingerprint density at radius 3 is 2.72 bits per heavy atom. The predicted molar refractivity (Wildman–Crippen MR) is 65.6 cm³/mol. The van der Waals surface area contributed by atoms with E-state index in [9.17, 15) is 14.0 Å². The molecule has 96 valence electrons. The van der Waals surface area contributed by atoms with Gasteiger partial charge in [0.25, 0.3) is 0 Å². The number of benzene rings is 1. The van der Waals surface area contributed by atoms with E-state index in [-0.39, 0.29) is 17.6 Å². The minimum atomic E-state index is -0.414. The summed E-state index contributed by atoms with van der Waals surface area (Å²) >= 11 is 0. The summed E-state index contributed by atoms with van der Waals surface area (Å²) < 4.78 is 14.0. The molecule has 1 unspecified atom stereocenters. The number of piperidine rings is 1. The van der Waals surface area contributed by atoms with Crippen LogP contribution in [0.5, 0.6) is 0 Å². The second-order valence-corrected chi connectivity index (χ2v) is 4.61. The molecule has 1 aromatic carbocycles. The molecule has 1 saturated heterocycles. The van der Waals surface area contributed by atoms with Crippen molar-refractivity contribution in [3.05, 3.63) is 34.6 Å². The Balaban J connectivity index is 2.37. The predicted octanol–water partition coefficient (Wildman–Crippen LogP) is 2.22. The van der Waals surface area contributed by atoms with E-state index < -0.39 is 5.92 Å². The topological polar surface area (TPSA) is 46.2 Å². The molecule has 1 aromatic rings. The molecular formula is C14H16FNO2. The average Bonchev–Trinajstić information content (AvgIpc) is 2.34. The number of aryl methyl sites for hydroxylation is 1. The van der Waals surface area contributed by atoms with Crippen molar-refractivity contribution in [3.8, 4) is 0 Å². The normalized spacial score (nSPS) is 19.8. The number of carbonyl (C=O) groups excluding carboxylic acids is 2. The van der Waals surface area contributed by atoms with Gasteiger partial charge in [-0.2, -0.15) is 0 Å². The van der Waals surface area contributed by atoms with Crippen molar-refractivity contribution in [1.82, 2.24) is 5.32 Å². The molecule has 0 aliphatic carbocycles. The summed E-state index contributed by atoms with van der Waals surface area (Å²) in [4.78, 5) is 22.9. The van der Waals surface area contributed by atoms with Crippen molar-refractivity contribution in [2.75, 3.05) is 0 Å². The van der Waals surface area contributed by atoms with Gasteiger partial charge in [-0.05, 0) is 36.5 Å². The maximum Gasteiger partial charge on any atom is 0.234 e. The number of hydrogen-bond donors (Lipinski definition) is 1. The molecular weight excluding hydrogens is 233 g/mol. The van der Waals surface area contributed by atoms with Gasteiger partial charge in [-0.25, -0.2) is 4.39 Å². The molecule has 4 heteroatoms. The molecule has 2 amide bonds. The van der Waals surface area contributed by atoms with Crippen LogP contribution in [0, 0.1) is 12.7 Å². The van der Waals surface area contributed by atoms with Crippen molar-refractivity contribution in [2.45, 2.75) is 39.0 Å². The molecule has 0 aromatic heterocycles. The first kappa shape index (κ1) is 12.7. The highest BCUT2D eigenvalue weighted by Crippen LogP contribution is 2.29. The molecule has 2 rings (SSSR count). The van der Waals surface area contributed by atoms with Gasteiger partial charge in [0.05, 0.1) is 5.92 Å². The molecule has 1 atom stereocenters. The Morgan fingerprint density at radius 2 is 2.11 bits per heavy atom. The van der Waals surface area contributed by atoms with Crippen molar-refractivity contribution in [1.29, 1.82) is 0 Å². The van der Waals surface area contributed by atoms with Crippen LogP contribution in [0.25, 0.3) is 0 Å². The molecule has 1 aliphatic heterocycles. The molecule has 0 radical (unpaired) electrons. The van der Waals surface area contributed by atoms with Crippen LogP contribution in [0.4, 0.5) is 4.39 Å². The minimum absolute atomic E-state index is 0.236. The zero-order valence-corrected chi connectivity index (χ0v) is 10.5. The van der Waals surface area contributed by atoms with E-state index in [0.717, 1.165) is 0 Å². The van der Waals surface area contributed by atoms with E-state index in [0.29, 0.717) is 36.0 Å². The lowest BCUT2D eigenvalue weighted by atomic mass is 9.86. The summed E-state index contributed by atoms with van der Waals surface area (Å²) in [6.45, 7) is 3.58. The van der Waals surface area contributed by atoms with E-state index in [4.69, 9.17) is 0 Å². The smallest absolute Gasteiger partial charge is 0.234 e. The van der Waals surface area contributed by atoms with Gasteiger partial charge >= 0.3 is 0 Å². The Hall–Kier alpha value is -1.71. The van der Waals surface area contributed by atoms with Crippen molar-refractivity contribution in [3.63, 3.8) is 0 Å². The van der Waals surface area contributed by atoms with Crippen LogP contribution in [0.1, 0.15) is 42.4 Å².